The van der Waals surface area contributed by atoms with Crippen molar-refractivity contribution in [2.45, 2.75) is 13.8 Å². The van der Waals surface area contributed by atoms with Gasteiger partial charge in [-0.2, -0.15) is 0 Å². The van der Waals surface area contributed by atoms with Crippen LogP contribution >= 0.6 is 0 Å². The average molecular weight is 357 g/mol. The van der Waals surface area contributed by atoms with Crippen LogP contribution in [0, 0.1) is 24.0 Å². The summed E-state index contributed by atoms with van der Waals surface area (Å²) in [4.78, 5) is 34.6. The van der Waals surface area contributed by atoms with Gasteiger partial charge in [0.1, 0.15) is 0 Å². The number of hydrogen-bond donors (Lipinski definition) is 2. The fraction of sp³-hybridized carbons (Fsp3) is 0.222. The fourth-order valence-corrected chi connectivity index (χ4v) is 2.30. The van der Waals surface area contributed by atoms with Crippen molar-refractivity contribution >= 4 is 23.2 Å². The molecule has 2 aromatic rings. The molecule has 0 saturated carbocycles. The van der Waals surface area contributed by atoms with Gasteiger partial charge in [-0.05, 0) is 43.2 Å². The summed E-state index contributed by atoms with van der Waals surface area (Å²) in [5.41, 5.74) is 2.32. The first-order chi connectivity index (χ1) is 12.3. The van der Waals surface area contributed by atoms with Gasteiger partial charge in [0.15, 0.2) is 5.75 Å². The van der Waals surface area contributed by atoms with Crippen molar-refractivity contribution < 1.29 is 19.2 Å². The van der Waals surface area contributed by atoms with Crippen molar-refractivity contribution in [1.82, 2.24) is 5.32 Å². The van der Waals surface area contributed by atoms with Crippen molar-refractivity contribution in [2.24, 2.45) is 0 Å². The number of ether oxygens (including phenoxy) is 1. The topological polar surface area (TPSA) is 111 Å². The molecule has 2 rings (SSSR count). The van der Waals surface area contributed by atoms with Gasteiger partial charge >= 0.3 is 5.69 Å². The van der Waals surface area contributed by atoms with Crippen LogP contribution in [-0.4, -0.2) is 30.4 Å². The first-order valence-electron chi connectivity index (χ1n) is 7.79. The highest BCUT2D eigenvalue weighted by Crippen LogP contribution is 2.27. The number of rotatable bonds is 6. The number of benzene rings is 2. The zero-order valence-corrected chi connectivity index (χ0v) is 14.7. The summed E-state index contributed by atoms with van der Waals surface area (Å²) in [7, 11) is 1.31. The normalized spacial score (nSPS) is 10.1. The van der Waals surface area contributed by atoms with E-state index in [4.69, 9.17) is 4.74 Å². The Morgan fingerprint density at radius 1 is 1.15 bits per heavy atom. The van der Waals surface area contributed by atoms with E-state index in [-0.39, 0.29) is 23.5 Å². The molecule has 0 radical (unpaired) electrons. The second kappa shape index (κ2) is 8.11. The highest BCUT2D eigenvalue weighted by molar-refractivity contribution is 6.00. The summed E-state index contributed by atoms with van der Waals surface area (Å²) in [5.74, 6) is -0.929. The molecule has 0 spiro atoms. The number of methoxy groups -OCH3 is 1. The zero-order chi connectivity index (χ0) is 19.3. The van der Waals surface area contributed by atoms with Crippen molar-refractivity contribution in [3.63, 3.8) is 0 Å². The molecule has 0 aliphatic rings. The number of aryl methyl sites for hydroxylation is 2. The SMILES string of the molecule is COc1ccc(C(=O)NCC(=O)Nc2cc(C)ccc2C)cc1[N+](=O)[O-]. The molecule has 0 saturated heterocycles. The quantitative estimate of drug-likeness (QED) is 0.610. The second-order valence-corrected chi connectivity index (χ2v) is 5.69. The summed E-state index contributed by atoms with van der Waals surface area (Å²) in [5, 5.41) is 16.2. The van der Waals surface area contributed by atoms with Crippen molar-refractivity contribution in [1.29, 1.82) is 0 Å². The van der Waals surface area contributed by atoms with Crippen LogP contribution in [-0.2, 0) is 4.79 Å². The van der Waals surface area contributed by atoms with Crippen LogP contribution < -0.4 is 15.4 Å². The molecule has 136 valence electrons. The van der Waals surface area contributed by atoms with E-state index in [1.165, 1.54) is 19.2 Å². The highest BCUT2D eigenvalue weighted by Gasteiger charge is 2.18. The average Bonchev–Trinajstić information content (AvgIpc) is 2.62. The van der Waals surface area contributed by atoms with Gasteiger partial charge < -0.3 is 15.4 Å². The first kappa shape index (κ1) is 18.9. The van der Waals surface area contributed by atoms with E-state index in [2.05, 4.69) is 10.6 Å². The van der Waals surface area contributed by atoms with Crippen LogP contribution in [0.1, 0.15) is 21.5 Å². The third kappa shape index (κ3) is 4.56. The number of nitro groups is 1. The molecular weight excluding hydrogens is 338 g/mol. The molecule has 2 amide bonds. The molecule has 0 unspecified atom stereocenters. The number of amides is 2. The summed E-state index contributed by atoms with van der Waals surface area (Å²) in [6.45, 7) is 3.52. The van der Waals surface area contributed by atoms with E-state index in [1.807, 2.05) is 32.0 Å². The summed E-state index contributed by atoms with van der Waals surface area (Å²) in [6, 6.07) is 9.50. The minimum atomic E-state index is -0.636. The molecular formula is C18H19N3O5. The molecule has 0 aromatic heterocycles. The molecule has 2 aromatic carbocycles. The Hall–Kier alpha value is -3.42. The van der Waals surface area contributed by atoms with Gasteiger partial charge in [0, 0.05) is 17.3 Å². The Labute approximate surface area is 150 Å². The molecule has 0 fully saturated rings. The fourth-order valence-electron chi connectivity index (χ4n) is 2.30. The number of nitro benzene ring substituents is 1. The Kier molecular flexibility index (Phi) is 5.90. The van der Waals surface area contributed by atoms with Gasteiger partial charge in [0.05, 0.1) is 18.6 Å². The lowest BCUT2D eigenvalue weighted by atomic mass is 10.1. The smallest absolute Gasteiger partial charge is 0.311 e. The number of carbonyl (C=O) groups is 2. The molecule has 0 aliphatic carbocycles. The van der Waals surface area contributed by atoms with Gasteiger partial charge in [-0.3, -0.25) is 19.7 Å². The van der Waals surface area contributed by atoms with Crippen molar-refractivity contribution in [2.75, 3.05) is 19.0 Å². The molecule has 2 N–H and O–H groups in total. The minimum absolute atomic E-state index is 0.0548. The Morgan fingerprint density at radius 2 is 1.88 bits per heavy atom. The third-order valence-corrected chi connectivity index (χ3v) is 3.71. The van der Waals surface area contributed by atoms with E-state index in [9.17, 15) is 19.7 Å². The van der Waals surface area contributed by atoms with Crippen molar-refractivity contribution in [3.05, 3.63) is 63.2 Å². The lowest BCUT2D eigenvalue weighted by molar-refractivity contribution is -0.385. The van der Waals surface area contributed by atoms with E-state index >= 15 is 0 Å². The predicted molar refractivity (Wildman–Crippen MR) is 96.5 cm³/mol. The van der Waals surface area contributed by atoms with Crippen molar-refractivity contribution in [3.8, 4) is 5.75 Å². The highest BCUT2D eigenvalue weighted by atomic mass is 16.6. The lowest BCUT2D eigenvalue weighted by Crippen LogP contribution is -2.33. The van der Waals surface area contributed by atoms with Gasteiger partial charge in [0.25, 0.3) is 5.91 Å². The standard InChI is InChI=1S/C18H19N3O5/c1-11-4-5-12(2)14(8-11)20-17(22)10-19-18(23)13-6-7-16(26-3)15(9-13)21(24)25/h4-9H,10H2,1-3H3,(H,19,23)(H,20,22). The maximum absolute atomic E-state index is 12.1. The number of carbonyl (C=O) groups excluding carboxylic acids is 2. The number of nitrogens with one attached hydrogen (secondary N) is 2. The van der Waals surface area contributed by atoms with Crippen LogP contribution in [0.15, 0.2) is 36.4 Å². The second-order valence-electron chi connectivity index (χ2n) is 5.69. The molecule has 8 nitrogen and oxygen atoms in total. The maximum atomic E-state index is 12.1. The van der Waals surface area contributed by atoms with Gasteiger partial charge in [-0.15, -0.1) is 0 Å². The summed E-state index contributed by atoms with van der Waals surface area (Å²) >= 11 is 0. The van der Waals surface area contributed by atoms with E-state index < -0.39 is 16.7 Å². The summed E-state index contributed by atoms with van der Waals surface area (Å²) < 4.78 is 4.89. The van der Waals surface area contributed by atoms with E-state index in [1.54, 1.807) is 0 Å². The Morgan fingerprint density at radius 3 is 2.54 bits per heavy atom. The summed E-state index contributed by atoms with van der Waals surface area (Å²) in [6.07, 6.45) is 0. The molecule has 0 atom stereocenters. The van der Waals surface area contributed by atoms with Crippen LogP contribution in [0.4, 0.5) is 11.4 Å². The van der Waals surface area contributed by atoms with E-state index in [0.717, 1.165) is 17.2 Å². The zero-order valence-electron chi connectivity index (χ0n) is 14.7. The largest absolute Gasteiger partial charge is 0.490 e. The minimum Gasteiger partial charge on any atom is -0.490 e. The molecule has 8 heteroatoms. The number of nitrogens with zero attached hydrogens (tertiary/aromatic N) is 1. The van der Waals surface area contributed by atoms with Gasteiger partial charge in [-0.25, -0.2) is 0 Å². The lowest BCUT2D eigenvalue weighted by Gasteiger charge is -2.10. The molecule has 0 heterocycles. The van der Waals surface area contributed by atoms with Crippen LogP contribution in [0.25, 0.3) is 0 Å². The predicted octanol–water partition coefficient (Wildman–Crippen LogP) is 2.59. The number of hydrogen-bond acceptors (Lipinski definition) is 5. The van der Waals surface area contributed by atoms with Crippen LogP contribution in [0.3, 0.4) is 0 Å². The molecule has 0 aliphatic heterocycles. The van der Waals surface area contributed by atoms with Crippen LogP contribution in [0.5, 0.6) is 5.75 Å². The molecule has 0 bridgehead atoms. The molecule has 26 heavy (non-hydrogen) atoms. The van der Waals surface area contributed by atoms with Gasteiger partial charge in [-0.1, -0.05) is 12.1 Å². The van der Waals surface area contributed by atoms with Crippen LogP contribution in [0.2, 0.25) is 0 Å². The first-order valence-corrected chi connectivity index (χ1v) is 7.79. The van der Waals surface area contributed by atoms with Gasteiger partial charge in [0.2, 0.25) is 5.91 Å². The number of anilines is 1. The monoisotopic (exact) mass is 357 g/mol. The Bertz CT molecular complexity index is 864. The maximum Gasteiger partial charge on any atom is 0.311 e. The van der Waals surface area contributed by atoms with E-state index in [0.29, 0.717) is 5.69 Å². The third-order valence-electron chi connectivity index (χ3n) is 3.71. The Balaban J connectivity index is 2.02.